The summed E-state index contributed by atoms with van der Waals surface area (Å²) in [5.41, 5.74) is 0.833. The summed E-state index contributed by atoms with van der Waals surface area (Å²) in [6.07, 6.45) is 1.47. The number of carbonyl (C=O) groups is 1. The van der Waals surface area contributed by atoms with Gasteiger partial charge in [0.2, 0.25) is 5.71 Å². The van der Waals surface area contributed by atoms with Crippen molar-refractivity contribution in [2.45, 2.75) is 0 Å². The highest BCUT2D eigenvalue weighted by Crippen LogP contribution is 2.22. The lowest BCUT2D eigenvalue weighted by Gasteiger charge is -1.96. The van der Waals surface area contributed by atoms with Crippen molar-refractivity contribution in [1.29, 1.82) is 5.26 Å². The van der Waals surface area contributed by atoms with Gasteiger partial charge in [0.05, 0.1) is 10.2 Å². The molecule has 3 aromatic rings. The molecule has 106 valence electrons. The second-order valence-electron chi connectivity index (χ2n) is 4.13. The van der Waals surface area contributed by atoms with E-state index in [1.165, 1.54) is 23.6 Å². The maximum absolute atomic E-state index is 11.8. The van der Waals surface area contributed by atoms with Crippen LogP contribution in [-0.4, -0.2) is 21.6 Å². The van der Waals surface area contributed by atoms with Gasteiger partial charge < -0.3 is 4.84 Å². The van der Waals surface area contributed by atoms with Crippen LogP contribution < -0.4 is 0 Å². The number of thiazole rings is 1. The molecule has 0 aliphatic rings. The summed E-state index contributed by atoms with van der Waals surface area (Å²) >= 11 is 1.31. The number of hydrogen-bond donors (Lipinski definition) is 0. The molecular weight excluding hydrogens is 300 g/mol. The number of nitrogens with zero attached hydrogens (tertiary/aromatic N) is 4. The van der Waals surface area contributed by atoms with Gasteiger partial charge in [-0.05, 0) is 24.3 Å². The van der Waals surface area contributed by atoms with Gasteiger partial charge in [0.1, 0.15) is 6.07 Å². The van der Waals surface area contributed by atoms with Crippen LogP contribution in [0.1, 0.15) is 15.5 Å². The summed E-state index contributed by atoms with van der Waals surface area (Å²) < 4.78 is 0.927. The van der Waals surface area contributed by atoms with E-state index in [9.17, 15) is 4.79 Å². The Morgan fingerprint density at radius 1 is 1.23 bits per heavy atom. The van der Waals surface area contributed by atoms with Crippen LogP contribution in [0.15, 0.2) is 53.8 Å². The highest BCUT2D eigenvalue weighted by atomic mass is 32.1. The molecule has 0 aliphatic heterocycles. The zero-order valence-electron chi connectivity index (χ0n) is 11.1. The number of rotatable bonds is 3. The molecular formula is C15H8N4O2S. The van der Waals surface area contributed by atoms with Gasteiger partial charge in [0.15, 0.2) is 10.7 Å². The highest BCUT2D eigenvalue weighted by molar-refractivity contribution is 7.20. The van der Waals surface area contributed by atoms with Crippen LogP contribution in [0.2, 0.25) is 0 Å². The predicted molar refractivity (Wildman–Crippen MR) is 81.4 cm³/mol. The fourth-order valence-electron chi connectivity index (χ4n) is 1.70. The molecule has 22 heavy (non-hydrogen) atoms. The van der Waals surface area contributed by atoms with Gasteiger partial charge >= 0.3 is 5.97 Å². The molecule has 6 nitrogen and oxygen atoms in total. The molecule has 2 heterocycles. The number of aromatic nitrogens is 2. The van der Waals surface area contributed by atoms with E-state index >= 15 is 0 Å². The molecule has 0 atom stereocenters. The van der Waals surface area contributed by atoms with E-state index in [0.717, 1.165) is 10.2 Å². The van der Waals surface area contributed by atoms with Crippen LogP contribution >= 0.6 is 11.3 Å². The van der Waals surface area contributed by atoms with Gasteiger partial charge in [-0.1, -0.05) is 23.4 Å². The number of benzene rings is 1. The van der Waals surface area contributed by atoms with Crippen LogP contribution in [0.5, 0.6) is 0 Å². The lowest BCUT2D eigenvalue weighted by atomic mass is 10.3. The van der Waals surface area contributed by atoms with Crippen molar-refractivity contribution in [2.24, 2.45) is 5.16 Å². The van der Waals surface area contributed by atoms with Gasteiger partial charge in [-0.15, -0.1) is 11.3 Å². The number of fused-ring (bicyclic) bond motifs is 1. The molecule has 0 saturated carbocycles. The Labute approximate surface area is 129 Å². The van der Waals surface area contributed by atoms with Crippen molar-refractivity contribution in [2.75, 3.05) is 0 Å². The van der Waals surface area contributed by atoms with Gasteiger partial charge in [0.25, 0.3) is 0 Å². The molecule has 0 saturated heterocycles. The highest BCUT2D eigenvalue weighted by Gasteiger charge is 2.13. The molecule has 2 aromatic heterocycles. The topological polar surface area (TPSA) is 88.2 Å². The van der Waals surface area contributed by atoms with Crippen molar-refractivity contribution < 1.29 is 9.63 Å². The van der Waals surface area contributed by atoms with Crippen LogP contribution in [-0.2, 0) is 4.84 Å². The van der Waals surface area contributed by atoms with E-state index in [4.69, 9.17) is 10.1 Å². The average Bonchev–Trinajstić information content (AvgIpc) is 3.00. The standard InChI is InChI=1S/C15H8N4O2S/c16-9-12(14-18-10-5-1-2-7-13(10)22-14)19-21-15(20)11-6-3-4-8-17-11/h1-8H/b19-12+. The fourth-order valence-corrected chi connectivity index (χ4v) is 2.59. The lowest BCUT2D eigenvalue weighted by Crippen LogP contribution is -2.06. The van der Waals surface area contributed by atoms with E-state index < -0.39 is 5.97 Å². The van der Waals surface area contributed by atoms with Crippen molar-refractivity contribution in [3.63, 3.8) is 0 Å². The molecule has 0 N–H and O–H groups in total. The van der Waals surface area contributed by atoms with Gasteiger partial charge in [-0.3, -0.25) is 0 Å². The maximum Gasteiger partial charge on any atom is 0.383 e. The van der Waals surface area contributed by atoms with E-state index in [-0.39, 0.29) is 11.4 Å². The summed E-state index contributed by atoms with van der Waals surface area (Å²) in [5.74, 6) is -0.727. The fraction of sp³-hybridized carbons (Fsp3) is 0. The Bertz CT molecular complexity index is 864. The first-order valence-electron chi connectivity index (χ1n) is 6.24. The normalized spacial score (nSPS) is 11.1. The summed E-state index contributed by atoms with van der Waals surface area (Å²) in [4.78, 5) is 24.7. The maximum atomic E-state index is 11.8. The third-order valence-electron chi connectivity index (χ3n) is 2.70. The summed E-state index contributed by atoms with van der Waals surface area (Å²) in [6.45, 7) is 0. The largest absolute Gasteiger partial charge is 0.383 e. The second-order valence-corrected chi connectivity index (χ2v) is 5.16. The Morgan fingerprint density at radius 3 is 2.77 bits per heavy atom. The Morgan fingerprint density at radius 2 is 2.05 bits per heavy atom. The Balaban J connectivity index is 1.85. The van der Waals surface area contributed by atoms with Crippen LogP contribution in [0.25, 0.3) is 10.2 Å². The zero-order chi connectivity index (χ0) is 15.4. The zero-order valence-corrected chi connectivity index (χ0v) is 11.9. The van der Waals surface area contributed by atoms with Gasteiger partial charge in [-0.2, -0.15) is 5.26 Å². The van der Waals surface area contributed by atoms with Crippen LogP contribution in [0.3, 0.4) is 0 Å². The first kappa shape index (κ1) is 13.9. The second kappa shape index (κ2) is 6.11. The van der Waals surface area contributed by atoms with Crippen molar-refractivity contribution >= 4 is 33.2 Å². The molecule has 0 unspecified atom stereocenters. The third-order valence-corrected chi connectivity index (χ3v) is 3.74. The molecule has 0 spiro atoms. The van der Waals surface area contributed by atoms with Crippen molar-refractivity contribution in [1.82, 2.24) is 9.97 Å². The average molecular weight is 308 g/mol. The van der Waals surface area contributed by atoms with E-state index in [2.05, 4.69) is 15.1 Å². The third kappa shape index (κ3) is 2.82. The summed E-state index contributed by atoms with van der Waals surface area (Å²) in [5, 5.41) is 13.2. The van der Waals surface area contributed by atoms with Crippen LogP contribution in [0.4, 0.5) is 0 Å². The van der Waals surface area contributed by atoms with Crippen LogP contribution in [0, 0.1) is 11.3 Å². The monoisotopic (exact) mass is 308 g/mol. The number of nitriles is 1. The van der Waals surface area contributed by atoms with E-state index in [1.54, 1.807) is 12.1 Å². The summed E-state index contributed by atoms with van der Waals surface area (Å²) in [6, 6.07) is 14.2. The number of hydrogen-bond acceptors (Lipinski definition) is 7. The number of pyridine rings is 1. The van der Waals surface area contributed by atoms with Gasteiger partial charge in [0, 0.05) is 6.20 Å². The number of para-hydroxylation sites is 1. The lowest BCUT2D eigenvalue weighted by molar-refractivity contribution is 0.0510. The smallest absolute Gasteiger partial charge is 0.310 e. The van der Waals surface area contributed by atoms with E-state index in [1.807, 2.05) is 30.3 Å². The molecule has 0 fully saturated rings. The molecule has 0 amide bonds. The Kier molecular flexibility index (Phi) is 3.85. The van der Waals surface area contributed by atoms with Crippen molar-refractivity contribution in [3.8, 4) is 6.07 Å². The summed E-state index contributed by atoms with van der Waals surface area (Å²) in [7, 11) is 0. The molecule has 1 aromatic carbocycles. The number of carbonyl (C=O) groups excluding carboxylic acids is 1. The molecule has 7 heteroatoms. The first-order chi connectivity index (χ1) is 10.8. The predicted octanol–water partition coefficient (Wildman–Crippen LogP) is 2.78. The van der Waals surface area contributed by atoms with Crippen molar-refractivity contribution in [3.05, 3.63) is 59.4 Å². The molecule has 0 radical (unpaired) electrons. The minimum atomic E-state index is -0.727. The van der Waals surface area contributed by atoms with E-state index in [0.29, 0.717) is 5.01 Å². The molecule has 0 bridgehead atoms. The van der Waals surface area contributed by atoms with Gasteiger partial charge in [-0.25, -0.2) is 14.8 Å². The minimum Gasteiger partial charge on any atom is -0.310 e. The Hall–Kier alpha value is -3.11. The quantitative estimate of drug-likeness (QED) is 0.422. The number of oxime groups is 1. The molecule has 3 rings (SSSR count). The molecule has 0 aliphatic carbocycles. The first-order valence-corrected chi connectivity index (χ1v) is 7.06. The minimum absolute atomic E-state index is 0.0505. The SMILES string of the molecule is N#C/C(=N\OC(=O)c1ccccn1)c1nc2ccccc2s1.